The highest BCUT2D eigenvalue weighted by atomic mass is 19.1. The van der Waals surface area contributed by atoms with E-state index >= 15 is 0 Å². The fraction of sp³-hybridized carbons (Fsp3) is 0.500. The molecule has 3 nitrogen and oxygen atoms in total. The molecular formula is C12H19FN2O. The van der Waals surface area contributed by atoms with Gasteiger partial charge in [0.1, 0.15) is 5.82 Å². The molecule has 0 aliphatic rings. The van der Waals surface area contributed by atoms with E-state index in [0.717, 1.165) is 6.54 Å². The number of aliphatic hydroxyl groups excluding tert-OH is 1. The molecule has 1 unspecified atom stereocenters. The number of benzene rings is 1. The van der Waals surface area contributed by atoms with Crippen LogP contribution in [0.4, 0.5) is 10.1 Å². The summed E-state index contributed by atoms with van der Waals surface area (Å²) in [6, 6.07) is 4.72. The van der Waals surface area contributed by atoms with Crippen LogP contribution in [0.1, 0.15) is 31.9 Å². The molecule has 90 valence electrons. The van der Waals surface area contributed by atoms with Gasteiger partial charge in [0.25, 0.3) is 0 Å². The second-order valence-electron chi connectivity index (χ2n) is 4.19. The van der Waals surface area contributed by atoms with Crippen molar-refractivity contribution < 1.29 is 9.50 Å². The Hall–Kier alpha value is -1.13. The van der Waals surface area contributed by atoms with E-state index in [9.17, 15) is 9.50 Å². The van der Waals surface area contributed by atoms with Crippen LogP contribution < -0.4 is 11.1 Å². The molecule has 1 aromatic rings. The Labute approximate surface area is 95.5 Å². The van der Waals surface area contributed by atoms with Gasteiger partial charge in [-0.2, -0.15) is 0 Å². The monoisotopic (exact) mass is 226 g/mol. The summed E-state index contributed by atoms with van der Waals surface area (Å²) < 4.78 is 12.9. The van der Waals surface area contributed by atoms with E-state index in [4.69, 9.17) is 5.73 Å². The van der Waals surface area contributed by atoms with Crippen molar-refractivity contribution in [2.75, 3.05) is 12.3 Å². The van der Waals surface area contributed by atoms with Gasteiger partial charge in [0.15, 0.2) is 0 Å². The van der Waals surface area contributed by atoms with Crippen LogP contribution in [-0.2, 0) is 0 Å². The maximum Gasteiger partial charge on any atom is 0.146 e. The fourth-order valence-corrected chi connectivity index (χ4v) is 1.44. The van der Waals surface area contributed by atoms with Gasteiger partial charge in [-0.1, -0.05) is 19.9 Å². The first-order valence-electron chi connectivity index (χ1n) is 5.47. The summed E-state index contributed by atoms with van der Waals surface area (Å²) >= 11 is 0. The number of anilines is 1. The number of nitrogens with two attached hydrogens (primary N) is 1. The number of hydrogen-bond acceptors (Lipinski definition) is 3. The molecule has 4 N–H and O–H groups in total. The Balaban J connectivity index is 2.52. The first-order chi connectivity index (χ1) is 7.50. The summed E-state index contributed by atoms with van der Waals surface area (Å²) in [7, 11) is 0. The third kappa shape index (κ3) is 3.79. The number of nitrogen functional groups attached to an aromatic ring is 1. The van der Waals surface area contributed by atoms with E-state index in [1.807, 2.05) is 13.8 Å². The molecular weight excluding hydrogens is 207 g/mol. The molecule has 4 heteroatoms. The van der Waals surface area contributed by atoms with E-state index < -0.39 is 11.9 Å². The lowest BCUT2D eigenvalue weighted by molar-refractivity contribution is 0.166. The van der Waals surface area contributed by atoms with Crippen molar-refractivity contribution in [2.45, 2.75) is 32.4 Å². The minimum atomic E-state index is -0.603. The van der Waals surface area contributed by atoms with Gasteiger partial charge in [0.05, 0.1) is 11.8 Å². The van der Waals surface area contributed by atoms with Crippen molar-refractivity contribution in [1.29, 1.82) is 0 Å². The first kappa shape index (κ1) is 12.9. The maximum absolute atomic E-state index is 12.9. The smallest absolute Gasteiger partial charge is 0.146 e. The molecule has 0 saturated heterocycles. The summed E-state index contributed by atoms with van der Waals surface area (Å²) in [5.41, 5.74) is 6.17. The van der Waals surface area contributed by atoms with Gasteiger partial charge in [0.2, 0.25) is 0 Å². The summed E-state index contributed by atoms with van der Waals surface area (Å²) in [6.45, 7) is 4.81. The highest BCUT2D eigenvalue weighted by molar-refractivity contribution is 5.43. The topological polar surface area (TPSA) is 58.3 Å². The highest BCUT2D eigenvalue weighted by Crippen LogP contribution is 2.20. The van der Waals surface area contributed by atoms with E-state index in [1.165, 1.54) is 12.1 Å². The van der Waals surface area contributed by atoms with Crippen molar-refractivity contribution in [3.05, 3.63) is 29.6 Å². The highest BCUT2D eigenvalue weighted by Gasteiger charge is 2.09. The van der Waals surface area contributed by atoms with E-state index in [2.05, 4.69) is 5.32 Å². The van der Waals surface area contributed by atoms with Crippen LogP contribution in [0.15, 0.2) is 18.2 Å². The molecule has 1 aromatic carbocycles. The van der Waals surface area contributed by atoms with Crippen molar-refractivity contribution in [3.8, 4) is 0 Å². The third-order valence-electron chi connectivity index (χ3n) is 2.38. The minimum Gasteiger partial charge on any atom is -0.396 e. The van der Waals surface area contributed by atoms with E-state index in [0.29, 0.717) is 18.0 Å². The lowest BCUT2D eigenvalue weighted by Gasteiger charge is -2.13. The van der Waals surface area contributed by atoms with Crippen LogP contribution in [0.2, 0.25) is 0 Å². The molecule has 0 spiro atoms. The van der Waals surface area contributed by atoms with Crippen molar-refractivity contribution >= 4 is 5.69 Å². The fourth-order valence-electron chi connectivity index (χ4n) is 1.44. The second-order valence-corrected chi connectivity index (χ2v) is 4.19. The summed E-state index contributed by atoms with van der Waals surface area (Å²) in [5.74, 6) is -0.448. The van der Waals surface area contributed by atoms with Gasteiger partial charge in [-0.25, -0.2) is 4.39 Å². The van der Waals surface area contributed by atoms with Gasteiger partial charge in [-0.3, -0.25) is 0 Å². The van der Waals surface area contributed by atoms with Crippen molar-refractivity contribution in [3.63, 3.8) is 0 Å². The molecule has 0 heterocycles. The molecule has 0 aliphatic carbocycles. The van der Waals surface area contributed by atoms with Crippen molar-refractivity contribution in [2.24, 2.45) is 0 Å². The molecule has 0 aromatic heterocycles. The Kier molecular flexibility index (Phi) is 4.71. The SMILES string of the molecule is CC(C)NCCC(O)c1ccc(F)c(N)c1. The lowest BCUT2D eigenvalue weighted by atomic mass is 10.1. The average molecular weight is 226 g/mol. The number of nitrogens with one attached hydrogen (secondary N) is 1. The van der Waals surface area contributed by atoms with Gasteiger partial charge < -0.3 is 16.2 Å². The Morgan fingerprint density at radius 2 is 2.12 bits per heavy atom. The van der Waals surface area contributed by atoms with Gasteiger partial charge in [-0.15, -0.1) is 0 Å². The van der Waals surface area contributed by atoms with Crippen LogP contribution in [0.3, 0.4) is 0 Å². The molecule has 0 fully saturated rings. The summed E-state index contributed by atoms with van der Waals surface area (Å²) in [5, 5.41) is 13.0. The van der Waals surface area contributed by atoms with Crippen LogP contribution >= 0.6 is 0 Å². The predicted molar refractivity (Wildman–Crippen MR) is 63.5 cm³/mol. The first-order valence-corrected chi connectivity index (χ1v) is 5.47. The summed E-state index contributed by atoms with van der Waals surface area (Å²) in [6.07, 6.45) is -0.0161. The molecule has 0 aliphatic heterocycles. The zero-order valence-electron chi connectivity index (χ0n) is 9.70. The van der Waals surface area contributed by atoms with Crippen LogP contribution in [-0.4, -0.2) is 17.7 Å². The molecule has 0 amide bonds. The lowest BCUT2D eigenvalue weighted by Crippen LogP contribution is -2.24. The largest absolute Gasteiger partial charge is 0.396 e. The van der Waals surface area contributed by atoms with Gasteiger partial charge in [0, 0.05) is 6.04 Å². The van der Waals surface area contributed by atoms with Crippen molar-refractivity contribution in [1.82, 2.24) is 5.32 Å². The third-order valence-corrected chi connectivity index (χ3v) is 2.38. The number of aliphatic hydroxyl groups is 1. The number of halogens is 1. The Morgan fingerprint density at radius 3 is 2.69 bits per heavy atom. The minimum absolute atomic E-state index is 0.0772. The standard InChI is InChI=1S/C12H19FN2O/c1-8(2)15-6-5-12(16)9-3-4-10(13)11(14)7-9/h3-4,7-8,12,15-16H,5-6,14H2,1-2H3. The predicted octanol–water partition coefficient (Wildman–Crippen LogP) is 1.83. The maximum atomic E-state index is 12.9. The number of hydrogen-bond donors (Lipinski definition) is 3. The van der Waals surface area contributed by atoms with Gasteiger partial charge in [-0.05, 0) is 30.7 Å². The molecule has 0 radical (unpaired) electrons. The quantitative estimate of drug-likeness (QED) is 0.671. The zero-order valence-corrected chi connectivity index (χ0v) is 9.70. The van der Waals surface area contributed by atoms with Gasteiger partial charge >= 0.3 is 0 Å². The number of rotatable bonds is 5. The van der Waals surface area contributed by atoms with Crippen LogP contribution in [0.25, 0.3) is 0 Å². The summed E-state index contributed by atoms with van der Waals surface area (Å²) in [4.78, 5) is 0. The second kappa shape index (κ2) is 5.82. The molecule has 0 saturated carbocycles. The van der Waals surface area contributed by atoms with E-state index in [-0.39, 0.29) is 5.69 Å². The van der Waals surface area contributed by atoms with E-state index in [1.54, 1.807) is 6.07 Å². The Bertz CT molecular complexity index is 342. The van der Waals surface area contributed by atoms with Crippen LogP contribution in [0, 0.1) is 5.82 Å². The normalized spacial score (nSPS) is 13.1. The molecule has 1 atom stereocenters. The molecule has 0 bridgehead atoms. The molecule has 16 heavy (non-hydrogen) atoms. The average Bonchev–Trinajstić information content (AvgIpc) is 2.21. The Morgan fingerprint density at radius 1 is 1.44 bits per heavy atom. The van der Waals surface area contributed by atoms with Crippen LogP contribution in [0.5, 0.6) is 0 Å². The zero-order chi connectivity index (χ0) is 12.1. The molecule has 1 rings (SSSR count).